The maximum absolute atomic E-state index is 12.8. The molecule has 0 aliphatic carbocycles. The maximum Gasteiger partial charge on any atom is 0.272 e. The molecule has 4 rings (SSSR count). The molecule has 2 fully saturated rings. The average Bonchev–Trinajstić information content (AvgIpc) is 3.22. The molecule has 0 saturated carbocycles. The molecule has 2 aliphatic heterocycles. The lowest BCUT2D eigenvalue weighted by Crippen LogP contribution is -2.47. The summed E-state index contributed by atoms with van der Waals surface area (Å²) in [7, 11) is 1.58. The van der Waals surface area contributed by atoms with E-state index in [4.69, 9.17) is 14.2 Å². The number of carbonyl (C=O) groups excluding carboxylic acids is 2. The fourth-order valence-corrected chi connectivity index (χ4v) is 3.56. The van der Waals surface area contributed by atoms with Crippen molar-refractivity contribution in [3.8, 4) is 5.75 Å². The highest BCUT2D eigenvalue weighted by molar-refractivity contribution is 6.05. The number of piperidine rings is 1. The zero-order chi connectivity index (χ0) is 20.3. The van der Waals surface area contributed by atoms with Crippen LogP contribution in [0.3, 0.4) is 0 Å². The number of ether oxygens (including phenoxy) is 3. The average molecular weight is 397 g/mol. The van der Waals surface area contributed by atoms with Crippen LogP contribution in [0.5, 0.6) is 5.75 Å². The smallest absolute Gasteiger partial charge is 0.272 e. The number of rotatable bonds is 4. The molecule has 3 heterocycles. The standard InChI is InChI=1S/C21H23N3O5/c1-27-17-4-2-16(3-5-17)23-19(25)15-6-9-22-18(14-15)20(26)24-10-7-21(8-11-24)28-12-13-29-21/h2-6,9,14H,7-8,10-13H2,1H3,(H,23,25). The predicted octanol–water partition coefficient (Wildman–Crippen LogP) is 2.32. The van der Waals surface area contributed by atoms with Gasteiger partial charge in [-0.25, -0.2) is 0 Å². The van der Waals surface area contributed by atoms with Crippen molar-refractivity contribution in [1.82, 2.24) is 9.88 Å². The molecule has 152 valence electrons. The predicted molar refractivity (Wildman–Crippen MR) is 105 cm³/mol. The number of pyridine rings is 1. The van der Waals surface area contributed by atoms with E-state index >= 15 is 0 Å². The molecule has 29 heavy (non-hydrogen) atoms. The van der Waals surface area contributed by atoms with Gasteiger partial charge in [0.05, 0.1) is 20.3 Å². The topological polar surface area (TPSA) is 90.0 Å². The molecule has 0 atom stereocenters. The SMILES string of the molecule is COc1ccc(NC(=O)c2ccnc(C(=O)N3CCC4(CC3)OCCO4)c2)cc1. The maximum atomic E-state index is 12.8. The summed E-state index contributed by atoms with van der Waals surface area (Å²) in [5.74, 6) is -0.338. The van der Waals surface area contributed by atoms with Crippen molar-refractivity contribution in [2.45, 2.75) is 18.6 Å². The lowest BCUT2D eigenvalue weighted by molar-refractivity contribution is -0.181. The van der Waals surface area contributed by atoms with Crippen LogP contribution in [0.1, 0.15) is 33.7 Å². The fraction of sp³-hybridized carbons (Fsp3) is 0.381. The van der Waals surface area contributed by atoms with Crippen LogP contribution in [-0.4, -0.2) is 60.9 Å². The van der Waals surface area contributed by atoms with Crippen molar-refractivity contribution in [2.24, 2.45) is 0 Å². The van der Waals surface area contributed by atoms with E-state index in [-0.39, 0.29) is 17.5 Å². The van der Waals surface area contributed by atoms with E-state index in [1.54, 1.807) is 42.3 Å². The Morgan fingerprint density at radius 1 is 1.10 bits per heavy atom. The van der Waals surface area contributed by atoms with Gasteiger partial charge in [-0.15, -0.1) is 0 Å². The molecule has 1 spiro atoms. The van der Waals surface area contributed by atoms with Crippen molar-refractivity contribution in [3.05, 3.63) is 53.9 Å². The van der Waals surface area contributed by atoms with Crippen LogP contribution in [0.15, 0.2) is 42.6 Å². The molecule has 1 aromatic heterocycles. The molecule has 2 amide bonds. The number of aromatic nitrogens is 1. The molecule has 8 nitrogen and oxygen atoms in total. The summed E-state index contributed by atoms with van der Waals surface area (Å²) >= 11 is 0. The number of nitrogens with one attached hydrogen (secondary N) is 1. The van der Waals surface area contributed by atoms with E-state index in [2.05, 4.69) is 10.3 Å². The molecular formula is C21H23N3O5. The Balaban J connectivity index is 1.41. The lowest BCUT2D eigenvalue weighted by atomic mass is 10.0. The monoisotopic (exact) mass is 397 g/mol. The van der Waals surface area contributed by atoms with Crippen LogP contribution in [0.2, 0.25) is 0 Å². The number of anilines is 1. The van der Waals surface area contributed by atoms with Crippen molar-refractivity contribution in [3.63, 3.8) is 0 Å². The van der Waals surface area contributed by atoms with Crippen molar-refractivity contribution >= 4 is 17.5 Å². The first kappa shape index (κ1) is 19.4. The molecule has 2 saturated heterocycles. The zero-order valence-electron chi connectivity index (χ0n) is 16.2. The number of nitrogens with zero attached hydrogens (tertiary/aromatic N) is 2. The second-order valence-electron chi connectivity index (χ2n) is 7.01. The number of benzene rings is 1. The lowest BCUT2D eigenvalue weighted by Gasteiger charge is -2.37. The van der Waals surface area contributed by atoms with Gasteiger partial charge < -0.3 is 24.4 Å². The van der Waals surface area contributed by atoms with Gasteiger partial charge in [-0.05, 0) is 36.4 Å². The van der Waals surface area contributed by atoms with Crippen LogP contribution in [0.25, 0.3) is 0 Å². The van der Waals surface area contributed by atoms with E-state index in [1.807, 2.05) is 0 Å². The minimum absolute atomic E-state index is 0.197. The van der Waals surface area contributed by atoms with Crippen LogP contribution in [0.4, 0.5) is 5.69 Å². The second-order valence-corrected chi connectivity index (χ2v) is 7.01. The fourth-order valence-electron chi connectivity index (χ4n) is 3.56. The van der Waals surface area contributed by atoms with E-state index in [0.717, 1.165) is 0 Å². The molecule has 0 radical (unpaired) electrons. The summed E-state index contributed by atoms with van der Waals surface area (Å²) in [5, 5.41) is 2.81. The third-order valence-electron chi connectivity index (χ3n) is 5.22. The minimum atomic E-state index is -0.537. The summed E-state index contributed by atoms with van der Waals surface area (Å²) in [5.41, 5.74) is 1.25. The molecule has 0 bridgehead atoms. The highest BCUT2D eigenvalue weighted by Gasteiger charge is 2.41. The summed E-state index contributed by atoms with van der Waals surface area (Å²) < 4.78 is 16.5. The quantitative estimate of drug-likeness (QED) is 0.852. The van der Waals surface area contributed by atoms with Gasteiger partial charge in [-0.2, -0.15) is 0 Å². The third kappa shape index (κ3) is 4.23. The summed E-state index contributed by atoms with van der Waals surface area (Å²) in [4.78, 5) is 31.3. The van der Waals surface area contributed by atoms with E-state index in [0.29, 0.717) is 56.1 Å². The molecule has 1 aromatic carbocycles. The Hall–Kier alpha value is -2.97. The van der Waals surface area contributed by atoms with Crippen LogP contribution >= 0.6 is 0 Å². The van der Waals surface area contributed by atoms with E-state index in [1.165, 1.54) is 12.3 Å². The minimum Gasteiger partial charge on any atom is -0.497 e. The Bertz CT molecular complexity index is 883. The number of likely N-dealkylation sites (tertiary alicyclic amines) is 1. The highest BCUT2D eigenvalue weighted by atomic mass is 16.7. The first-order valence-electron chi connectivity index (χ1n) is 9.57. The van der Waals surface area contributed by atoms with Gasteiger partial charge in [0.25, 0.3) is 11.8 Å². The summed E-state index contributed by atoms with van der Waals surface area (Å²) in [6, 6.07) is 10.1. The van der Waals surface area contributed by atoms with Crippen LogP contribution in [0, 0.1) is 0 Å². The Morgan fingerprint density at radius 2 is 1.79 bits per heavy atom. The van der Waals surface area contributed by atoms with Gasteiger partial charge >= 0.3 is 0 Å². The molecule has 2 aliphatic rings. The van der Waals surface area contributed by atoms with Crippen LogP contribution < -0.4 is 10.1 Å². The van der Waals surface area contributed by atoms with Gasteiger partial charge in [-0.1, -0.05) is 0 Å². The van der Waals surface area contributed by atoms with Crippen molar-refractivity contribution in [2.75, 3.05) is 38.7 Å². The Labute approximate surface area is 168 Å². The summed E-state index contributed by atoms with van der Waals surface area (Å²) in [6.45, 7) is 2.26. The molecular weight excluding hydrogens is 374 g/mol. The second kappa shape index (κ2) is 8.18. The Kier molecular flexibility index (Phi) is 5.46. The number of hydrogen-bond acceptors (Lipinski definition) is 6. The Morgan fingerprint density at radius 3 is 2.45 bits per heavy atom. The van der Waals surface area contributed by atoms with Gasteiger partial charge in [0, 0.05) is 43.4 Å². The molecule has 8 heteroatoms. The largest absolute Gasteiger partial charge is 0.497 e. The summed E-state index contributed by atoms with van der Waals surface area (Å²) in [6.07, 6.45) is 2.75. The molecule has 0 unspecified atom stereocenters. The third-order valence-corrected chi connectivity index (χ3v) is 5.22. The first-order valence-corrected chi connectivity index (χ1v) is 9.57. The number of hydrogen-bond donors (Lipinski definition) is 1. The van der Waals surface area contributed by atoms with Gasteiger partial charge in [0.1, 0.15) is 11.4 Å². The van der Waals surface area contributed by atoms with Gasteiger partial charge in [0.2, 0.25) is 0 Å². The van der Waals surface area contributed by atoms with Crippen molar-refractivity contribution < 1.29 is 23.8 Å². The van der Waals surface area contributed by atoms with Crippen molar-refractivity contribution in [1.29, 1.82) is 0 Å². The van der Waals surface area contributed by atoms with E-state index in [9.17, 15) is 9.59 Å². The van der Waals surface area contributed by atoms with Gasteiger partial charge in [0.15, 0.2) is 5.79 Å². The van der Waals surface area contributed by atoms with Crippen LogP contribution in [-0.2, 0) is 9.47 Å². The normalized spacial score (nSPS) is 17.9. The first-order chi connectivity index (χ1) is 14.1. The van der Waals surface area contributed by atoms with E-state index < -0.39 is 5.79 Å². The zero-order valence-corrected chi connectivity index (χ0v) is 16.2. The molecule has 2 aromatic rings. The number of carbonyl (C=O) groups is 2. The number of amides is 2. The number of methoxy groups -OCH3 is 1. The van der Waals surface area contributed by atoms with Gasteiger partial charge in [-0.3, -0.25) is 14.6 Å². The molecule has 1 N–H and O–H groups in total. The highest BCUT2D eigenvalue weighted by Crippen LogP contribution is 2.31.